The summed E-state index contributed by atoms with van der Waals surface area (Å²) in [6.45, 7) is 11.4. The summed E-state index contributed by atoms with van der Waals surface area (Å²) in [4.78, 5) is 0. The number of halogens is 3. The lowest BCUT2D eigenvalue weighted by atomic mass is 10.0. The average Bonchev–Trinajstić information content (AvgIpc) is 2.41. The van der Waals surface area contributed by atoms with Gasteiger partial charge in [0.25, 0.3) is 0 Å². The van der Waals surface area contributed by atoms with Crippen molar-refractivity contribution in [1.29, 1.82) is 0 Å². The van der Waals surface area contributed by atoms with E-state index in [4.69, 9.17) is 0 Å². The highest BCUT2D eigenvalue weighted by molar-refractivity contribution is 5.65. The van der Waals surface area contributed by atoms with Crippen LogP contribution >= 0.6 is 0 Å². The lowest BCUT2D eigenvalue weighted by Gasteiger charge is -2.26. The van der Waals surface area contributed by atoms with Gasteiger partial charge >= 0.3 is 6.18 Å². The summed E-state index contributed by atoms with van der Waals surface area (Å²) in [6, 6.07) is 3.54. The molecular formula is C17H26F3N3. The maximum atomic E-state index is 12.3. The van der Waals surface area contributed by atoms with Crippen molar-refractivity contribution < 1.29 is 16.0 Å². The van der Waals surface area contributed by atoms with Gasteiger partial charge in [-0.1, -0.05) is 25.3 Å². The monoisotopic (exact) mass is 329 g/mol. The minimum atomic E-state index is -4.27. The summed E-state index contributed by atoms with van der Waals surface area (Å²) in [7, 11) is 0. The number of hydrogen-bond donors (Lipinski definition) is 3. The van der Waals surface area contributed by atoms with E-state index in [1.807, 2.05) is 13.1 Å². The van der Waals surface area contributed by atoms with E-state index < -0.39 is 12.7 Å². The summed E-state index contributed by atoms with van der Waals surface area (Å²) < 4.78 is 37.0. The number of rotatable bonds is 6. The molecule has 130 valence electrons. The summed E-state index contributed by atoms with van der Waals surface area (Å²) in [5.41, 5.74) is 1.79. The van der Waals surface area contributed by atoms with Crippen molar-refractivity contribution in [3.8, 4) is 0 Å². The van der Waals surface area contributed by atoms with Crippen molar-refractivity contribution in [1.82, 2.24) is 16.0 Å². The third kappa shape index (κ3) is 4.76. The first-order valence-electron chi connectivity index (χ1n) is 7.50. The van der Waals surface area contributed by atoms with Crippen LogP contribution in [0.3, 0.4) is 0 Å². The van der Waals surface area contributed by atoms with Crippen LogP contribution in [0.1, 0.15) is 14.0 Å². The van der Waals surface area contributed by atoms with Crippen LogP contribution in [0.4, 0.5) is 13.2 Å². The maximum absolute atomic E-state index is 12.3. The molecule has 0 saturated carbocycles. The van der Waals surface area contributed by atoms with E-state index in [0.717, 1.165) is 35.6 Å². The Morgan fingerprint density at radius 3 is 2.70 bits per heavy atom. The molecule has 0 aliphatic carbocycles. The van der Waals surface area contributed by atoms with E-state index in [1.165, 1.54) is 0 Å². The highest BCUT2D eigenvalue weighted by Crippen LogP contribution is 2.16. The van der Waals surface area contributed by atoms with Crippen molar-refractivity contribution in [2.75, 3.05) is 26.2 Å². The summed E-state index contributed by atoms with van der Waals surface area (Å²) in [5, 5.41) is 10.5. The molecule has 2 rings (SSSR count). The van der Waals surface area contributed by atoms with E-state index >= 15 is 0 Å². The largest absolute Gasteiger partial charge is 0.405 e. The minimum Gasteiger partial charge on any atom is -0.390 e. The zero-order chi connectivity index (χ0) is 17.0. The van der Waals surface area contributed by atoms with Gasteiger partial charge in [-0.15, -0.1) is 0 Å². The van der Waals surface area contributed by atoms with Crippen molar-refractivity contribution in [3.63, 3.8) is 0 Å². The van der Waals surface area contributed by atoms with E-state index in [0.29, 0.717) is 11.5 Å². The maximum Gasteiger partial charge on any atom is 0.405 e. The molecule has 23 heavy (non-hydrogen) atoms. The summed E-state index contributed by atoms with van der Waals surface area (Å²) in [5.74, 6) is 0.617. The second-order valence-corrected chi connectivity index (χ2v) is 5.84. The fraction of sp³-hybridized carbons (Fsp3) is 0.412. The Labute approximate surface area is 136 Å². The zero-order valence-electron chi connectivity index (χ0n) is 13.2. The van der Waals surface area contributed by atoms with Gasteiger partial charge < -0.3 is 16.0 Å². The molecule has 6 heteroatoms. The van der Waals surface area contributed by atoms with E-state index in [1.54, 1.807) is 12.1 Å². The number of benzene rings is 1. The molecule has 1 fully saturated rings. The number of nitrogens with one attached hydrogen (secondary N) is 3. The first-order chi connectivity index (χ1) is 10.8. The van der Waals surface area contributed by atoms with Crippen molar-refractivity contribution >= 4 is 18.5 Å². The lowest BCUT2D eigenvalue weighted by Crippen LogP contribution is -2.46. The Morgan fingerprint density at radius 1 is 1.43 bits per heavy atom. The normalized spacial score (nSPS) is 16.1. The van der Waals surface area contributed by atoms with Gasteiger partial charge in [-0.05, 0) is 17.7 Å². The Bertz CT molecular complexity index is 686. The second kappa shape index (κ2) is 7.08. The third-order valence-corrected chi connectivity index (χ3v) is 3.95. The molecule has 1 aromatic carbocycles. The molecule has 0 amide bonds. The van der Waals surface area contributed by atoms with Crippen molar-refractivity contribution in [3.05, 3.63) is 40.3 Å². The molecule has 0 unspecified atom stereocenters. The standard InChI is InChI=1S/C17H22F3N3.2H2/c1-11-4-5-15(13(3)23-10-17(18,19)20)12(2)16(11)9-22-8-14-6-21-7-14;;/h4-5,9,14,21-23H,1,3,6-8,10H2,2H3;2*1H/b16-9+;;. The molecule has 0 aromatic heterocycles. The van der Waals surface area contributed by atoms with Gasteiger partial charge in [0.15, 0.2) is 0 Å². The topological polar surface area (TPSA) is 36.1 Å². The average molecular weight is 329 g/mol. The van der Waals surface area contributed by atoms with Crippen LogP contribution in [0.2, 0.25) is 0 Å². The van der Waals surface area contributed by atoms with Crippen LogP contribution in [0.5, 0.6) is 0 Å². The molecule has 1 heterocycles. The van der Waals surface area contributed by atoms with Gasteiger partial charge in [-0.3, -0.25) is 0 Å². The fourth-order valence-electron chi connectivity index (χ4n) is 2.44. The Balaban J connectivity index is 0.00000288. The molecule has 1 aliphatic heterocycles. The summed E-state index contributed by atoms with van der Waals surface area (Å²) >= 11 is 0. The lowest BCUT2D eigenvalue weighted by molar-refractivity contribution is -0.122. The zero-order valence-corrected chi connectivity index (χ0v) is 13.2. The van der Waals surface area contributed by atoms with Gasteiger partial charge in [0, 0.05) is 51.1 Å². The molecule has 0 atom stereocenters. The molecule has 0 bridgehead atoms. The van der Waals surface area contributed by atoms with Crippen LogP contribution in [-0.4, -0.2) is 32.4 Å². The predicted octanol–water partition coefficient (Wildman–Crippen LogP) is 1.57. The Hall–Kier alpha value is -1.95. The van der Waals surface area contributed by atoms with E-state index in [9.17, 15) is 13.2 Å². The van der Waals surface area contributed by atoms with Crippen LogP contribution in [-0.2, 0) is 0 Å². The highest BCUT2D eigenvalue weighted by atomic mass is 19.4. The number of alkyl halides is 3. The van der Waals surface area contributed by atoms with Gasteiger partial charge in [-0.2, -0.15) is 13.2 Å². The Kier molecular flexibility index (Phi) is 5.36. The molecule has 1 aliphatic rings. The van der Waals surface area contributed by atoms with Crippen LogP contribution < -0.4 is 26.4 Å². The molecule has 3 nitrogen and oxygen atoms in total. The van der Waals surface area contributed by atoms with E-state index in [2.05, 4.69) is 29.1 Å². The summed E-state index contributed by atoms with van der Waals surface area (Å²) in [6.07, 6.45) is -2.38. The first kappa shape index (κ1) is 17.4. The Morgan fingerprint density at radius 2 is 2.13 bits per heavy atom. The predicted molar refractivity (Wildman–Crippen MR) is 92.1 cm³/mol. The smallest absolute Gasteiger partial charge is 0.390 e. The van der Waals surface area contributed by atoms with Gasteiger partial charge in [0.2, 0.25) is 0 Å². The highest BCUT2D eigenvalue weighted by Gasteiger charge is 2.27. The van der Waals surface area contributed by atoms with Gasteiger partial charge in [-0.25, -0.2) is 0 Å². The first-order valence-corrected chi connectivity index (χ1v) is 7.50. The van der Waals surface area contributed by atoms with Crippen molar-refractivity contribution in [2.45, 2.75) is 13.1 Å². The number of hydrogen-bond acceptors (Lipinski definition) is 3. The van der Waals surface area contributed by atoms with Crippen molar-refractivity contribution in [2.24, 2.45) is 5.92 Å². The molecule has 0 spiro atoms. The van der Waals surface area contributed by atoms with Crippen LogP contribution in [0.15, 0.2) is 18.7 Å². The van der Waals surface area contributed by atoms with E-state index in [-0.39, 0.29) is 8.55 Å². The minimum absolute atomic E-state index is 0. The van der Waals surface area contributed by atoms with Crippen LogP contribution in [0.25, 0.3) is 18.5 Å². The fourth-order valence-corrected chi connectivity index (χ4v) is 2.44. The molecule has 3 N–H and O–H groups in total. The quantitative estimate of drug-likeness (QED) is 0.741. The van der Waals surface area contributed by atoms with Crippen LogP contribution in [0, 0.1) is 12.8 Å². The SMILES string of the molecule is C=C(NCC(F)(F)F)c1ccc(=C)/c(=C\NCC2CNC2)c1C.[HH].[HH]. The van der Waals surface area contributed by atoms with Gasteiger partial charge in [0.05, 0.1) is 0 Å². The molecule has 1 saturated heterocycles. The third-order valence-electron chi connectivity index (χ3n) is 3.95. The molecule has 1 aromatic rings. The van der Waals surface area contributed by atoms with Gasteiger partial charge in [0.1, 0.15) is 6.54 Å². The second-order valence-electron chi connectivity index (χ2n) is 5.84. The molecular weight excluding hydrogens is 303 g/mol. The molecule has 0 radical (unpaired) electrons.